The highest BCUT2D eigenvalue weighted by Crippen LogP contribution is 2.17. The van der Waals surface area contributed by atoms with E-state index < -0.39 is 0 Å². The molecule has 0 aliphatic carbocycles. The van der Waals surface area contributed by atoms with Crippen molar-refractivity contribution in [3.05, 3.63) is 0 Å². The Hall–Kier alpha value is -0.200. The van der Waals surface area contributed by atoms with Crippen LogP contribution in [0.25, 0.3) is 0 Å². The molecule has 2 N–H and O–H groups in total. The summed E-state index contributed by atoms with van der Waals surface area (Å²) in [6.45, 7) is 8.21. The fourth-order valence-electron chi connectivity index (χ4n) is 3.13. The van der Waals surface area contributed by atoms with E-state index in [0.717, 1.165) is 58.3 Å². The first-order valence-corrected chi connectivity index (χ1v) is 7.58. The lowest BCUT2D eigenvalue weighted by atomic mass is 10.1. The van der Waals surface area contributed by atoms with Gasteiger partial charge in [0.05, 0.1) is 13.2 Å². The zero-order chi connectivity index (χ0) is 13.5. The van der Waals surface area contributed by atoms with Crippen molar-refractivity contribution in [3.8, 4) is 0 Å². The van der Waals surface area contributed by atoms with Gasteiger partial charge in [0.15, 0.2) is 0 Å². The first-order valence-electron chi connectivity index (χ1n) is 7.58. The standard InChI is InChI=1S/C14H29N3O2/c1-18-8-2-3-13(15)11-16-5-4-14(12-16)17-6-9-19-10-7-17/h13-14H,2-12,15H2,1H3. The van der Waals surface area contributed by atoms with E-state index in [-0.39, 0.29) is 0 Å². The molecule has 2 heterocycles. The van der Waals surface area contributed by atoms with Gasteiger partial charge in [-0.2, -0.15) is 0 Å². The van der Waals surface area contributed by atoms with E-state index in [1.165, 1.54) is 19.5 Å². The Bertz CT molecular complexity index is 247. The van der Waals surface area contributed by atoms with Gasteiger partial charge in [-0.05, 0) is 25.8 Å². The van der Waals surface area contributed by atoms with Crippen molar-refractivity contribution in [1.82, 2.24) is 9.80 Å². The summed E-state index contributed by atoms with van der Waals surface area (Å²) in [5, 5.41) is 0. The Morgan fingerprint density at radius 2 is 2.11 bits per heavy atom. The minimum Gasteiger partial charge on any atom is -0.385 e. The topological polar surface area (TPSA) is 51.0 Å². The largest absolute Gasteiger partial charge is 0.385 e. The van der Waals surface area contributed by atoms with E-state index in [4.69, 9.17) is 15.2 Å². The first kappa shape index (κ1) is 15.2. The molecule has 19 heavy (non-hydrogen) atoms. The summed E-state index contributed by atoms with van der Waals surface area (Å²) in [5.74, 6) is 0. The molecule has 2 atom stereocenters. The second kappa shape index (κ2) is 8.17. The van der Waals surface area contributed by atoms with Crippen LogP contribution in [0.1, 0.15) is 19.3 Å². The SMILES string of the molecule is COCCCC(N)CN1CCC(N2CCOCC2)C1. The van der Waals surface area contributed by atoms with Gasteiger partial charge in [0.1, 0.15) is 0 Å². The fraction of sp³-hybridized carbons (Fsp3) is 1.00. The third kappa shape index (κ3) is 5.00. The lowest BCUT2D eigenvalue weighted by molar-refractivity contribution is 0.0184. The summed E-state index contributed by atoms with van der Waals surface area (Å²) in [4.78, 5) is 5.11. The molecule has 0 aromatic heterocycles. The maximum atomic E-state index is 6.19. The van der Waals surface area contributed by atoms with Crippen molar-refractivity contribution >= 4 is 0 Å². The van der Waals surface area contributed by atoms with Crippen LogP contribution >= 0.6 is 0 Å². The van der Waals surface area contributed by atoms with Crippen LogP contribution in [0, 0.1) is 0 Å². The molecule has 0 amide bonds. The van der Waals surface area contributed by atoms with Crippen molar-refractivity contribution in [2.75, 3.05) is 59.7 Å². The molecule has 2 rings (SSSR count). The van der Waals surface area contributed by atoms with Gasteiger partial charge < -0.3 is 20.1 Å². The first-order chi connectivity index (χ1) is 9.29. The number of hydrogen-bond donors (Lipinski definition) is 1. The van der Waals surface area contributed by atoms with Crippen molar-refractivity contribution in [2.24, 2.45) is 5.73 Å². The quantitative estimate of drug-likeness (QED) is 0.668. The summed E-state index contributed by atoms with van der Waals surface area (Å²) < 4.78 is 10.5. The normalized spacial score (nSPS) is 27.8. The van der Waals surface area contributed by atoms with Crippen LogP contribution in [0.2, 0.25) is 0 Å². The van der Waals surface area contributed by atoms with Crippen molar-refractivity contribution in [3.63, 3.8) is 0 Å². The maximum Gasteiger partial charge on any atom is 0.0594 e. The van der Waals surface area contributed by atoms with Gasteiger partial charge >= 0.3 is 0 Å². The van der Waals surface area contributed by atoms with Crippen LogP contribution in [-0.2, 0) is 9.47 Å². The monoisotopic (exact) mass is 271 g/mol. The van der Waals surface area contributed by atoms with Crippen LogP contribution in [0.5, 0.6) is 0 Å². The zero-order valence-corrected chi connectivity index (χ0v) is 12.2. The Kier molecular flexibility index (Phi) is 6.53. The molecule has 2 fully saturated rings. The predicted octanol–water partition coefficient (Wildman–Crippen LogP) is 0.147. The molecule has 2 aliphatic rings. The molecule has 0 saturated carbocycles. The van der Waals surface area contributed by atoms with Gasteiger partial charge in [0.2, 0.25) is 0 Å². The van der Waals surface area contributed by atoms with E-state index in [2.05, 4.69) is 9.80 Å². The summed E-state index contributed by atoms with van der Waals surface area (Å²) in [6.07, 6.45) is 3.41. The lowest BCUT2D eigenvalue weighted by Gasteiger charge is -2.32. The second-order valence-electron chi connectivity index (χ2n) is 5.75. The third-order valence-electron chi connectivity index (χ3n) is 4.23. The lowest BCUT2D eigenvalue weighted by Crippen LogP contribution is -2.45. The van der Waals surface area contributed by atoms with Crippen LogP contribution in [0.15, 0.2) is 0 Å². The highest BCUT2D eigenvalue weighted by atomic mass is 16.5. The van der Waals surface area contributed by atoms with E-state index >= 15 is 0 Å². The van der Waals surface area contributed by atoms with Crippen LogP contribution < -0.4 is 5.73 Å². The average Bonchev–Trinajstić information content (AvgIpc) is 2.88. The number of likely N-dealkylation sites (tertiary alicyclic amines) is 1. The summed E-state index contributed by atoms with van der Waals surface area (Å²) >= 11 is 0. The van der Waals surface area contributed by atoms with Crippen LogP contribution in [0.3, 0.4) is 0 Å². The van der Waals surface area contributed by atoms with Crippen LogP contribution in [-0.4, -0.2) is 81.5 Å². The number of nitrogens with two attached hydrogens (primary N) is 1. The number of methoxy groups -OCH3 is 1. The van der Waals surface area contributed by atoms with Gasteiger partial charge in [0.25, 0.3) is 0 Å². The Labute approximate surface area is 117 Å². The van der Waals surface area contributed by atoms with Crippen molar-refractivity contribution < 1.29 is 9.47 Å². The third-order valence-corrected chi connectivity index (χ3v) is 4.23. The number of nitrogens with zero attached hydrogens (tertiary/aromatic N) is 2. The Morgan fingerprint density at radius 3 is 2.84 bits per heavy atom. The Balaban J connectivity index is 1.63. The number of hydrogen-bond acceptors (Lipinski definition) is 5. The molecular weight excluding hydrogens is 242 g/mol. The summed E-state index contributed by atoms with van der Waals surface area (Å²) in [7, 11) is 1.75. The molecule has 5 nitrogen and oxygen atoms in total. The number of morpholine rings is 1. The van der Waals surface area contributed by atoms with Crippen molar-refractivity contribution in [1.29, 1.82) is 0 Å². The van der Waals surface area contributed by atoms with E-state index in [1.807, 2.05) is 0 Å². The van der Waals surface area contributed by atoms with Crippen LogP contribution in [0.4, 0.5) is 0 Å². The minimum atomic E-state index is 0.290. The summed E-state index contributed by atoms with van der Waals surface area (Å²) in [5.41, 5.74) is 6.19. The van der Waals surface area contributed by atoms with E-state index in [0.29, 0.717) is 6.04 Å². The molecule has 112 valence electrons. The molecule has 5 heteroatoms. The predicted molar refractivity (Wildman–Crippen MR) is 76.3 cm³/mol. The molecule has 2 saturated heterocycles. The van der Waals surface area contributed by atoms with E-state index in [9.17, 15) is 0 Å². The van der Waals surface area contributed by atoms with Gasteiger partial charge in [-0.3, -0.25) is 4.90 Å². The van der Waals surface area contributed by atoms with Crippen molar-refractivity contribution in [2.45, 2.75) is 31.3 Å². The van der Waals surface area contributed by atoms with Gasteiger partial charge in [0, 0.05) is 52.0 Å². The second-order valence-corrected chi connectivity index (χ2v) is 5.75. The van der Waals surface area contributed by atoms with E-state index in [1.54, 1.807) is 7.11 Å². The molecule has 0 bridgehead atoms. The molecule has 0 aromatic rings. The number of ether oxygens (including phenoxy) is 2. The minimum absolute atomic E-state index is 0.290. The number of rotatable bonds is 7. The molecular formula is C14H29N3O2. The molecule has 0 spiro atoms. The van der Waals surface area contributed by atoms with Gasteiger partial charge in [-0.1, -0.05) is 0 Å². The smallest absolute Gasteiger partial charge is 0.0594 e. The maximum absolute atomic E-state index is 6.19. The summed E-state index contributed by atoms with van der Waals surface area (Å²) in [6, 6.07) is 1.01. The molecule has 0 aromatic carbocycles. The van der Waals surface area contributed by atoms with Gasteiger partial charge in [-0.15, -0.1) is 0 Å². The molecule has 2 unspecified atom stereocenters. The molecule has 0 radical (unpaired) electrons. The van der Waals surface area contributed by atoms with Gasteiger partial charge in [-0.25, -0.2) is 0 Å². The highest BCUT2D eigenvalue weighted by Gasteiger charge is 2.29. The average molecular weight is 271 g/mol. The fourth-order valence-corrected chi connectivity index (χ4v) is 3.13. The molecule has 2 aliphatic heterocycles. The Morgan fingerprint density at radius 1 is 1.32 bits per heavy atom. The highest BCUT2D eigenvalue weighted by molar-refractivity contribution is 4.85. The zero-order valence-electron chi connectivity index (χ0n) is 12.2.